The van der Waals surface area contributed by atoms with E-state index in [1.165, 1.54) is 22.5 Å². The fourth-order valence-electron chi connectivity index (χ4n) is 3.43. The van der Waals surface area contributed by atoms with Crippen LogP contribution < -0.4 is 0 Å². The number of hydrogen-bond donors (Lipinski definition) is 0. The van der Waals surface area contributed by atoms with Crippen LogP contribution in [0.3, 0.4) is 0 Å². The highest BCUT2D eigenvalue weighted by Gasteiger charge is 2.23. The van der Waals surface area contributed by atoms with Crippen LogP contribution in [0.25, 0.3) is 16.4 Å². The lowest BCUT2D eigenvalue weighted by Gasteiger charge is -2.16. The summed E-state index contributed by atoms with van der Waals surface area (Å²) in [4.78, 5) is 20.1. The molecule has 0 spiro atoms. The molecule has 2 aromatic heterocycles. The molecule has 0 aliphatic heterocycles. The Morgan fingerprint density at radius 3 is 2.48 bits per heavy atom. The number of carbonyl (C=O) groups excluding carboxylic acids is 1. The van der Waals surface area contributed by atoms with Crippen molar-refractivity contribution in [1.82, 2.24) is 24.9 Å². The average molecular weight is 432 g/mol. The molecule has 0 atom stereocenters. The van der Waals surface area contributed by atoms with Crippen molar-refractivity contribution in [1.29, 1.82) is 0 Å². The maximum atomic E-state index is 13.1. The molecule has 158 valence electrons. The number of nitrogens with zero attached hydrogens (tertiary/aromatic N) is 5. The molecule has 0 saturated carbocycles. The van der Waals surface area contributed by atoms with Gasteiger partial charge in [0.05, 0.1) is 17.1 Å². The van der Waals surface area contributed by atoms with Gasteiger partial charge in [-0.3, -0.25) is 4.79 Å². The van der Waals surface area contributed by atoms with E-state index in [1.807, 2.05) is 62.0 Å². The van der Waals surface area contributed by atoms with Crippen molar-refractivity contribution >= 4 is 17.2 Å². The van der Waals surface area contributed by atoms with Crippen molar-refractivity contribution in [3.63, 3.8) is 0 Å². The summed E-state index contributed by atoms with van der Waals surface area (Å²) >= 11 is 1.37. The fraction of sp³-hybridized carbons (Fsp3) is 0.250. The van der Waals surface area contributed by atoms with Gasteiger partial charge in [0, 0.05) is 13.6 Å². The molecular formula is C24H25N5OS. The fourth-order valence-corrected chi connectivity index (χ4v) is 4.53. The number of rotatable bonds is 5. The van der Waals surface area contributed by atoms with Crippen molar-refractivity contribution in [3.05, 3.63) is 81.5 Å². The van der Waals surface area contributed by atoms with Crippen LogP contribution in [0.1, 0.15) is 37.7 Å². The standard InChI is InChI=1S/C24H25N5OS/c1-15-11-12-20(13-16(15)2)29-18(4)21(26-27-29)23-25-17(3)22(31-23)24(30)28(5)14-19-9-7-6-8-10-19/h6-13H,14H2,1-5H3. The molecule has 7 heteroatoms. The molecule has 0 radical (unpaired) electrons. The van der Waals surface area contributed by atoms with Crippen molar-refractivity contribution in [3.8, 4) is 16.4 Å². The van der Waals surface area contributed by atoms with E-state index in [2.05, 4.69) is 41.3 Å². The van der Waals surface area contributed by atoms with Crippen LogP contribution in [0, 0.1) is 27.7 Å². The van der Waals surface area contributed by atoms with E-state index in [1.54, 1.807) is 4.90 Å². The van der Waals surface area contributed by atoms with Crippen LogP contribution in [-0.4, -0.2) is 37.8 Å². The number of thiazole rings is 1. The van der Waals surface area contributed by atoms with E-state index in [0.29, 0.717) is 27.8 Å². The second kappa shape index (κ2) is 8.43. The summed E-state index contributed by atoms with van der Waals surface area (Å²) in [5.41, 5.74) is 6.81. The second-order valence-electron chi connectivity index (χ2n) is 7.78. The van der Waals surface area contributed by atoms with Gasteiger partial charge in [0.25, 0.3) is 5.91 Å². The van der Waals surface area contributed by atoms with Crippen LogP contribution in [0.5, 0.6) is 0 Å². The van der Waals surface area contributed by atoms with E-state index in [4.69, 9.17) is 0 Å². The summed E-state index contributed by atoms with van der Waals surface area (Å²) < 4.78 is 1.82. The Balaban J connectivity index is 1.61. The SMILES string of the molecule is Cc1ccc(-n2nnc(-c3nc(C)c(C(=O)N(C)Cc4ccccc4)s3)c2C)cc1C. The molecular weight excluding hydrogens is 406 g/mol. The van der Waals surface area contributed by atoms with Gasteiger partial charge in [0.2, 0.25) is 0 Å². The summed E-state index contributed by atoms with van der Waals surface area (Å²) in [7, 11) is 1.81. The van der Waals surface area contributed by atoms with Crippen LogP contribution in [0.4, 0.5) is 0 Å². The molecule has 0 aliphatic carbocycles. The van der Waals surface area contributed by atoms with Crippen LogP contribution >= 0.6 is 11.3 Å². The molecule has 0 fully saturated rings. The molecule has 0 N–H and O–H groups in total. The van der Waals surface area contributed by atoms with Gasteiger partial charge in [-0.15, -0.1) is 16.4 Å². The number of benzene rings is 2. The average Bonchev–Trinajstić information content (AvgIpc) is 3.32. The Hall–Kier alpha value is -3.32. The first kappa shape index (κ1) is 20.9. The Morgan fingerprint density at radius 1 is 1.03 bits per heavy atom. The van der Waals surface area contributed by atoms with Crippen LogP contribution in [-0.2, 0) is 6.54 Å². The molecule has 1 amide bonds. The molecule has 31 heavy (non-hydrogen) atoms. The lowest BCUT2D eigenvalue weighted by molar-refractivity contribution is 0.0789. The topological polar surface area (TPSA) is 63.9 Å². The van der Waals surface area contributed by atoms with Gasteiger partial charge in [-0.25, -0.2) is 9.67 Å². The quantitative estimate of drug-likeness (QED) is 0.451. The van der Waals surface area contributed by atoms with Gasteiger partial charge in [0.15, 0.2) is 0 Å². The van der Waals surface area contributed by atoms with Gasteiger partial charge in [-0.1, -0.05) is 41.6 Å². The molecule has 0 aliphatic rings. The first-order chi connectivity index (χ1) is 14.8. The third-order valence-corrected chi connectivity index (χ3v) is 6.58. The normalized spacial score (nSPS) is 11.0. The van der Waals surface area contributed by atoms with Gasteiger partial charge in [-0.05, 0) is 56.5 Å². The number of aryl methyl sites for hydroxylation is 3. The van der Waals surface area contributed by atoms with E-state index in [0.717, 1.165) is 16.9 Å². The zero-order chi connectivity index (χ0) is 22.1. The summed E-state index contributed by atoms with van der Waals surface area (Å²) in [6, 6.07) is 16.2. The molecule has 0 bridgehead atoms. The summed E-state index contributed by atoms with van der Waals surface area (Å²) in [5.74, 6) is -0.0377. The number of hydrogen-bond acceptors (Lipinski definition) is 5. The lowest BCUT2D eigenvalue weighted by Crippen LogP contribution is -2.26. The Bertz CT molecular complexity index is 1240. The molecule has 2 heterocycles. The molecule has 4 rings (SSSR count). The lowest BCUT2D eigenvalue weighted by atomic mass is 10.1. The summed E-state index contributed by atoms with van der Waals surface area (Å²) in [6.45, 7) is 8.57. The molecule has 0 saturated heterocycles. The molecule has 4 aromatic rings. The third kappa shape index (κ3) is 4.14. The van der Waals surface area contributed by atoms with Crippen LogP contribution in [0.2, 0.25) is 0 Å². The van der Waals surface area contributed by atoms with Crippen molar-refractivity contribution in [2.45, 2.75) is 34.2 Å². The minimum absolute atomic E-state index is 0.0377. The Labute approximate surface area is 186 Å². The Kier molecular flexibility index (Phi) is 5.69. The maximum Gasteiger partial charge on any atom is 0.265 e. The first-order valence-electron chi connectivity index (χ1n) is 10.1. The summed E-state index contributed by atoms with van der Waals surface area (Å²) in [6.07, 6.45) is 0. The largest absolute Gasteiger partial charge is 0.337 e. The number of aromatic nitrogens is 4. The van der Waals surface area contributed by atoms with Crippen molar-refractivity contribution < 1.29 is 4.79 Å². The van der Waals surface area contributed by atoms with Gasteiger partial charge in [-0.2, -0.15) is 0 Å². The van der Waals surface area contributed by atoms with Crippen molar-refractivity contribution in [2.75, 3.05) is 7.05 Å². The Morgan fingerprint density at radius 2 is 1.77 bits per heavy atom. The van der Waals surface area contributed by atoms with Gasteiger partial charge >= 0.3 is 0 Å². The minimum atomic E-state index is -0.0377. The third-order valence-electron chi connectivity index (χ3n) is 5.43. The predicted molar refractivity (Wildman–Crippen MR) is 124 cm³/mol. The molecule has 6 nitrogen and oxygen atoms in total. The first-order valence-corrected chi connectivity index (χ1v) is 10.9. The van der Waals surface area contributed by atoms with Gasteiger partial charge < -0.3 is 4.90 Å². The van der Waals surface area contributed by atoms with Crippen molar-refractivity contribution in [2.24, 2.45) is 0 Å². The highest BCUT2D eigenvalue weighted by atomic mass is 32.1. The second-order valence-corrected chi connectivity index (χ2v) is 8.78. The smallest absolute Gasteiger partial charge is 0.265 e. The predicted octanol–water partition coefficient (Wildman–Crippen LogP) is 4.90. The monoisotopic (exact) mass is 431 g/mol. The highest BCUT2D eigenvalue weighted by molar-refractivity contribution is 7.17. The number of amides is 1. The van der Waals surface area contributed by atoms with Gasteiger partial charge in [0.1, 0.15) is 15.6 Å². The minimum Gasteiger partial charge on any atom is -0.337 e. The van der Waals surface area contributed by atoms with Crippen LogP contribution in [0.15, 0.2) is 48.5 Å². The zero-order valence-electron chi connectivity index (χ0n) is 18.4. The van der Waals surface area contributed by atoms with E-state index < -0.39 is 0 Å². The number of carbonyl (C=O) groups is 1. The molecule has 2 aromatic carbocycles. The molecule has 0 unspecified atom stereocenters. The maximum absolute atomic E-state index is 13.1. The summed E-state index contributed by atoms with van der Waals surface area (Å²) in [5, 5.41) is 9.43. The van der Waals surface area contributed by atoms with E-state index >= 15 is 0 Å². The highest BCUT2D eigenvalue weighted by Crippen LogP contribution is 2.30. The zero-order valence-corrected chi connectivity index (χ0v) is 19.2. The van der Waals surface area contributed by atoms with E-state index in [-0.39, 0.29) is 5.91 Å². The van der Waals surface area contributed by atoms with E-state index in [9.17, 15) is 4.79 Å².